The Morgan fingerprint density at radius 1 is 1.50 bits per heavy atom. The molecule has 2 bridgehead atoms. The molecule has 0 aromatic carbocycles. The number of allylic oxidation sites excluding steroid dienone is 2. The molecule has 0 aromatic heterocycles. The highest BCUT2D eigenvalue weighted by Gasteiger charge is 2.48. The lowest BCUT2D eigenvalue weighted by Gasteiger charge is -2.32. The predicted octanol–water partition coefficient (Wildman–Crippen LogP) is 3.35. The summed E-state index contributed by atoms with van der Waals surface area (Å²) in [5.41, 5.74) is 1.74. The van der Waals surface area contributed by atoms with E-state index in [-0.39, 0.29) is 0 Å². The Labute approximate surface area is 86.6 Å². The number of hydrogen-bond acceptors (Lipinski definition) is 1. The van der Waals surface area contributed by atoms with Gasteiger partial charge in [-0.25, -0.2) is 0 Å². The van der Waals surface area contributed by atoms with Gasteiger partial charge < -0.3 is 0 Å². The molecule has 2 atom stereocenters. The van der Waals surface area contributed by atoms with Crippen LogP contribution >= 0.6 is 0 Å². The Balaban J connectivity index is 2.27. The molecule has 2 saturated carbocycles. The van der Waals surface area contributed by atoms with Gasteiger partial charge in [-0.1, -0.05) is 26.3 Å². The molecule has 0 N–H and O–H groups in total. The van der Waals surface area contributed by atoms with E-state index in [4.69, 9.17) is 0 Å². The van der Waals surface area contributed by atoms with Crippen LogP contribution in [0.1, 0.15) is 46.5 Å². The van der Waals surface area contributed by atoms with Crippen LogP contribution in [0, 0.1) is 17.3 Å². The van der Waals surface area contributed by atoms with Crippen molar-refractivity contribution in [2.45, 2.75) is 46.5 Å². The molecule has 2 unspecified atom stereocenters. The van der Waals surface area contributed by atoms with Crippen LogP contribution in [0.2, 0.25) is 0 Å². The van der Waals surface area contributed by atoms with E-state index in [9.17, 15) is 4.79 Å². The molecule has 0 aromatic rings. The summed E-state index contributed by atoms with van der Waals surface area (Å²) in [5, 5.41) is 0. The molecule has 1 heteroatoms. The third kappa shape index (κ3) is 1.34. The second-order valence-corrected chi connectivity index (χ2v) is 5.35. The first kappa shape index (κ1) is 9.95. The van der Waals surface area contributed by atoms with Crippen molar-refractivity contribution < 1.29 is 4.79 Å². The van der Waals surface area contributed by atoms with Gasteiger partial charge in [-0.15, -0.1) is 0 Å². The normalized spacial score (nSPS) is 36.6. The fourth-order valence-electron chi connectivity index (χ4n) is 3.26. The van der Waals surface area contributed by atoms with Gasteiger partial charge in [-0.3, -0.25) is 4.79 Å². The molecule has 2 rings (SSSR count). The fraction of sp³-hybridized carbons (Fsp3) is 0.769. The molecule has 14 heavy (non-hydrogen) atoms. The molecule has 0 heterocycles. The maximum Gasteiger partial charge on any atom is 0.155 e. The molecule has 0 saturated heterocycles. The van der Waals surface area contributed by atoms with Crippen molar-refractivity contribution in [2.75, 3.05) is 0 Å². The summed E-state index contributed by atoms with van der Waals surface area (Å²) < 4.78 is 0. The zero-order valence-electron chi connectivity index (χ0n) is 9.47. The van der Waals surface area contributed by atoms with Crippen molar-refractivity contribution in [1.29, 1.82) is 0 Å². The first-order valence-corrected chi connectivity index (χ1v) is 5.80. The van der Waals surface area contributed by atoms with E-state index < -0.39 is 0 Å². The van der Waals surface area contributed by atoms with E-state index in [0.29, 0.717) is 17.6 Å². The summed E-state index contributed by atoms with van der Waals surface area (Å²) in [7, 11) is 0. The van der Waals surface area contributed by atoms with Crippen molar-refractivity contribution >= 4 is 5.78 Å². The molecule has 2 aliphatic rings. The first-order valence-electron chi connectivity index (χ1n) is 5.80. The Hall–Kier alpha value is -0.590. The molecule has 2 aliphatic carbocycles. The van der Waals surface area contributed by atoms with E-state index in [1.54, 1.807) is 0 Å². The maximum absolute atomic E-state index is 11.5. The van der Waals surface area contributed by atoms with Gasteiger partial charge in [0, 0.05) is 6.42 Å². The number of hydrogen-bond donors (Lipinski definition) is 0. The van der Waals surface area contributed by atoms with Crippen LogP contribution in [-0.4, -0.2) is 5.78 Å². The zero-order valence-corrected chi connectivity index (χ0v) is 9.47. The molecule has 0 amide bonds. The number of ketones is 1. The van der Waals surface area contributed by atoms with Gasteiger partial charge in [0.2, 0.25) is 0 Å². The lowest BCUT2D eigenvalue weighted by molar-refractivity contribution is -0.114. The third-order valence-electron chi connectivity index (χ3n) is 4.30. The minimum absolute atomic E-state index is 0.299. The summed E-state index contributed by atoms with van der Waals surface area (Å²) in [6, 6.07) is 0. The van der Waals surface area contributed by atoms with E-state index in [1.165, 1.54) is 24.8 Å². The third-order valence-corrected chi connectivity index (χ3v) is 4.30. The summed E-state index contributed by atoms with van der Waals surface area (Å²) in [4.78, 5) is 11.5. The number of carbonyl (C=O) groups excluding carboxylic acids is 1. The molecule has 0 aliphatic heterocycles. The SMILES string of the molecule is CCC(=O)/C=C1/C2CCC(C2)C1(C)C. The second-order valence-electron chi connectivity index (χ2n) is 5.35. The van der Waals surface area contributed by atoms with E-state index >= 15 is 0 Å². The van der Waals surface area contributed by atoms with Gasteiger partial charge in [0.05, 0.1) is 0 Å². The largest absolute Gasteiger partial charge is 0.295 e. The summed E-state index contributed by atoms with van der Waals surface area (Å²) in [6.45, 7) is 6.57. The Kier molecular flexibility index (Phi) is 2.29. The first-order chi connectivity index (χ1) is 6.55. The van der Waals surface area contributed by atoms with Crippen molar-refractivity contribution in [3.8, 4) is 0 Å². The van der Waals surface area contributed by atoms with Crippen LogP contribution in [0.25, 0.3) is 0 Å². The van der Waals surface area contributed by atoms with Crippen LogP contribution in [0.15, 0.2) is 11.6 Å². The fourth-order valence-corrected chi connectivity index (χ4v) is 3.26. The lowest BCUT2D eigenvalue weighted by atomic mass is 9.72. The van der Waals surface area contributed by atoms with Crippen molar-refractivity contribution in [3.05, 3.63) is 11.6 Å². The molecule has 78 valence electrons. The van der Waals surface area contributed by atoms with Gasteiger partial charge >= 0.3 is 0 Å². The van der Waals surface area contributed by atoms with Gasteiger partial charge in [-0.2, -0.15) is 0 Å². The smallest absolute Gasteiger partial charge is 0.155 e. The van der Waals surface area contributed by atoms with Crippen LogP contribution in [0.5, 0.6) is 0 Å². The maximum atomic E-state index is 11.5. The quantitative estimate of drug-likeness (QED) is 0.613. The Bertz CT molecular complexity index is 286. The van der Waals surface area contributed by atoms with Gasteiger partial charge in [-0.05, 0) is 42.6 Å². The van der Waals surface area contributed by atoms with E-state index in [2.05, 4.69) is 13.8 Å². The average Bonchev–Trinajstić information content (AvgIpc) is 2.68. The molecule has 1 nitrogen and oxygen atoms in total. The summed E-state index contributed by atoms with van der Waals surface area (Å²) >= 11 is 0. The highest BCUT2D eigenvalue weighted by molar-refractivity contribution is 5.90. The lowest BCUT2D eigenvalue weighted by Crippen LogP contribution is -2.23. The predicted molar refractivity (Wildman–Crippen MR) is 58.0 cm³/mol. The van der Waals surface area contributed by atoms with Gasteiger partial charge in [0.25, 0.3) is 0 Å². The standard InChI is InChI=1S/C13H20O/c1-4-11(14)8-12-9-5-6-10(7-9)13(12,2)3/h8-10H,4-7H2,1-3H3/b12-8-. The summed E-state index contributed by atoms with van der Waals surface area (Å²) in [6.07, 6.45) is 6.61. The number of fused-ring (bicyclic) bond motifs is 2. The van der Waals surface area contributed by atoms with Crippen LogP contribution in [-0.2, 0) is 4.79 Å². The zero-order chi connectivity index (χ0) is 10.3. The Morgan fingerprint density at radius 2 is 2.21 bits per heavy atom. The van der Waals surface area contributed by atoms with Crippen molar-refractivity contribution in [1.82, 2.24) is 0 Å². The average molecular weight is 192 g/mol. The minimum atomic E-state index is 0.299. The monoisotopic (exact) mass is 192 g/mol. The van der Waals surface area contributed by atoms with Crippen molar-refractivity contribution in [3.63, 3.8) is 0 Å². The highest BCUT2D eigenvalue weighted by atomic mass is 16.1. The van der Waals surface area contributed by atoms with Gasteiger partial charge in [0.1, 0.15) is 0 Å². The van der Waals surface area contributed by atoms with Crippen molar-refractivity contribution in [2.24, 2.45) is 17.3 Å². The molecular weight excluding hydrogens is 172 g/mol. The molecule has 0 radical (unpaired) electrons. The highest BCUT2D eigenvalue weighted by Crippen LogP contribution is 2.58. The van der Waals surface area contributed by atoms with Crippen LogP contribution < -0.4 is 0 Å². The minimum Gasteiger partial charge on any atom is -0.295 e. The summed E-state index contributed by atoms with van der Waals surface area (Å²) in [5.74, 6) is 1.87. The van der Waals surface area contributed by atoms with E-state index in [1.807, 2.05) is 13.0 Å². The molecule has 2 fully saturated rings. The van der Waals surface area contributed by atoms with Crippen LogP contribution in [0.3, 0.4) is 0 Å². The number of rotatable bonds is 2. The van der Waals surface area contributed by atoms with Gasteiger partial charge in [0.15, 0.2) is 5.78 Å². The topological polar surface area (TPSA) is 17.1 Å². The van der Waals surface area contributed by atoms with Crippen LogP contribution in [0.4, 0.5) is 0 Å². The molecular formula is C13H20O. The number of carbonyl (C=O) groups is 1. The Morgan fingerprint density at radius 3 is 2.71 bits per heavy atom. The van der Waals surface area contributed by atoms with E-state index in [0.717, 1.165) is 11.8 Å². The molecule has 0 spiro atoms. The second kappa shape index (κ2) is 3.22.